The molecule has 0 aliphatic rings. The van der Waals surface area contributed by atoms with Gasteiger partial charge in [-0.1, -0.05) is 37.3 Å². The van der Waals surface area contributed by atoms with Crippen LogP contribution in [0.2, 0.25) is 0 Å². The Kier molecular flexibility index (Phi) is 7.29. The average molecular weight is 292 g/mol. The van der Waals surface area contributed by atoms with Crippen molar-refractivity contribution in [2.75, 3.05) is 6.54 Å². The third-order valence-corrected chi connectivity index (χ3v) is 3.42. The molecule has 2 atom stereocenters. The molecule has 0 fully saturated rings. The van der Waals surface area contributed by atoms with Gasteiger partial charge in [-0.2, -0.15) is 0 Å². The van der Waals surface area contributed by atoms with Crippen LogP contribution in [0.25, 0.3) is 0 Å². The Balaban J connectivity index is 2.21. The average Bonchev–Trinajstić information content (AvgIpc) is 2.46. The molecule has 0 aliphatic carbocycles. The molecule has 0 bridgehead atoms. The van der Waals surface area contributed by atoms with Crippen LogP contribution in [-0.2, 0) is 4.79 Å². The Morgan fingerprint density at radius 2 is 1.81 bits per heavy atom. The predicted molar refractivity (Wildman–Crippen MR) is 82.0 cm³/mol. The standard InChI is InChI=1S/C16H24N2O3/c1-12(8-9-15(19)20)10-11-17-16(21)18-13(2)14-6-4-3-5-7-14/h3-7,12-13H,8-11H2,1-2H3,(H,19,20)(H2,17,18,21). The van der Waals surface area contributed by atoms with Crippen LogP contribution in [0.1, 0.15) is 44.7 Å². The first kappa shape index (κ1) is 17.0. The van der Waals surface area contributed by atoms with Crippen molar-refractivity contribution in [1.29, 1.82) is 0 Å². The SMILES string of the molecule is CC(CCNC(=O)NC(C)c1ccccc1)CCC(=O)O. The molecule has 3 N–H and O–H groups in total. The fraction of sp³-hybridized carbons (Fsp3) is 0.500. The van der Waals surface area contributed by atoms with Crippen molar-refractivity contribution in [3.8, 4) is 0 Å². The summed E-state index contributed by atoms with van der Waals surface area (Å²) < 4.78 is 0. The highest BCUT2D eigenvalue weighted by atomic mass is 16.4. The van der Waals surface area contributed by atoms with Gasteiger partial charge in [0.25, 0.3) is 0 Å². The summed E-state index contributed by atoms with van der Waals surface area (Å²) in [6.45, 7) is 4.48. The molecule has 0 saturated carbocycles. The molecule has 2 unspecified atom stereocenters. The molecular formula is C16H24N2O3. The van der Waals surface area contributed by atoms with E-state index >= 15 is 0 Å². The van der Waals surface area contributed by atoms with Crippen molar-refractivity contribution in [1.82, 2.24) is 10.6 Å². The molecule has 0 aliphatic heterocycles. The minimum atomic E-state index is -0.774. The maximum Gasteiger partial charge on any atom is 0.315 e. The number of aliphatic carboxylic acids is 1. The van der Waals surface area contributed by atoms with Gasteiger partial charge in [-0.3, -0.25) is 4.79 Å². The summed E-state index contributed by atoms with van der Waals surface area (Å²) in [5, 5.41) is 14.3. The van der Waals surface area contributed by atoms with Crippen LogP contribution in [-0.4, -0.2) is 23.7 Å². The number of amides is 2. The number of rotatable bonds is 8. The van der Waals surface area contributed by atoms with E-state index in [2.05, 4.69) is 10.6 Å². The highest BCUT2D eigenvalue weighted by Gasteiger charge is 2.09. The van der Waals surface area contributed by atoms with E-state index in [1.54, 1.807) is 0 Å². The predicted octanol–water partition coefficient (Wildman–Crippen LogP) is 2.94. The molecule has 5 nitrogen and oxygen atoms in total. The topological polar surface area (TPSA) is 78.4 Å². The van der Waals surface area contributed by atoms with E-state index in [0.29, 0.717) is 13.0 Å². The number of carbonyl (C=O) groups is 2. The van der Waals surface area contributed by atoms with E-state index in [1.165, 1.54) is 0 Å². The van der Waals surface area contributed by atoms with Gasteiger partial charge >= 0.3 is 12.0 Å². The zero-order chi connectivity index (χ0) is 15.7. The number of carboxylic acid groups (broad SMARTS) is 1. The number of benzene rings is 1. The van der Waals surface area contributed by atoms with E-state index < -0.39 is 5.97 Å². The monoisotopic (exact) mass is 292 g/mol. The molecule has 1 rings (SSSR count). The summed E-state index contributed by atoms with van der Waals surface area (Å²) in [7, 11) is 0. The number of hydrogen-bond acceptors (Lipinski definition) is 2. The Morgan fingerprint density at radius 3 is 2.43 bits per heavy atom. The number of urea groups is 1. The lowest BCUT2D eigenvalue weighted by molar-refractivity contribution is -0.137. The van der Waals surface area contributed by atoms with Gasteiger partial charge in [-0.25, -0.2) is 4.79 Å². The zero-order valence-electron chi connectivity index (χ0n) is 12.6. The lowest BCUT2D eigenvalue weighted by Gasteiger charge is -2.16. The molecule has 116 valence electrons. The van der Waals surface area contributed by atoms with Crippen LogP contribution >= 0.6 is 0 Å². The molecule has 21 heavy (non-hydrogen) atoms. The number of hydrogen-bond donors (Lipinski definition) is 3. The highest BCUT2D eigenvalue weighted by molar-refractivity contribution is 5.74. The van der Waals surface area contributed by atoms with Gasteiger partial charge in [-0.15, -0.1) is 0 Å². The minimum Gasteiger partial charge on any atom is -0.481 e. The van der Waals surface area contributed by atoms with Crippen LogP contribution in [0.5, 0.6) is 0 Å². The Bertz CT molecular complexity index is 448. The van der Waals surface area contributed by atoms with E-state index in [-0.39, 0.29) is 24.4 Å². The van der Waals surface area contributed by atoms with Crippen LogP contribution in [0.4, 0.5) is 4.79 Å². The van der Waals surface area contributed by atoms with E-state index in [1.807, 2.05) is 44.2 Å². The first-order chi connectivity index (χ1) is 9.99. The largest absolute Gasteiger partial charge is 0.481 e. The normalized spacial score (nSPS) is 13.2. The van der Waals surface area contributed by atoms with Gasteiger partial charge in [0.2, 0.25) is 0 Å². The summed E-state index contributed by atoms with van der Waals surface area (Å²) in [5.41, 5.74) is 1.06. The molecule has 0 aromatic heterocycles. The zero-order valence-corrected chi connectivity index (χ0v) is 12.6. The molecule has 5 heteroatoms. The number of carboxylic acids is 1. The molecule has 1 aromatic carbocycles. The molecule has 0 heterocycles. The van der Waals surface area contributed by atoms with Gasteiger partial charge in [0, 0.05) is 13.0 Å². The smallest absolute Gasteiger partial charge is 0.315 e. The third-order valence-electron chi connectivity index (χ3n) is 3.42. The number of nitrogens with one attached hydrogen (secondary N) is 2. The lowest BCUT2D eigenvalue weighted by Crippen LogP contribution is -2.37. The van der Waals surface area contributed by atoms with Gasteiger partial charge in [0.15, 0.2) is 0 Å². The first-order valence-electron chi connectivity index (χ1n) is 7.30. The fourth-order valence-electron chi connectivity index (χ4n) is 2.02. The van der Waals surface area contributed by atoms with E-state index in [0.717, 1.165) is 12.0 Å². The van der Waals surface area contributed by atoms with Crippen molar-refractivity contribution in [2.24, 2.45) is 5.92 Å². The Morgan fingerprint density at radius 1 is 1.14 bits per heavy atom. The maximum absolute atomic E-state index is 11.8. The van der Waals surface area contributed by atoms with Crippen molar-refractivity contribution in [3.63, 3.8) is 0 Å². The van der Waals surface area contributed by atoms with Crippen LogP contribution in [0, 0.1) is 5.92 Å². The van der Waals surface area contributed by atoms with Gasteiger partial charge in [0.05, 0.1) is 6.04 Å². The summed E-state index contributed by atoms with van der Waals surface area (Å²) in [6.07, 6.45) is 1.60. The summed E-state index contributed by atoms with van der Waals surface area (Å²) in [5.74, 6) is -0.489. The minimum absolute atomic E-state index is 0.0457. The van der Waals surface area contributed by atoms with Crippen LogP contribution in [0.3, 0.4) is 0 Å². The number of carbonyl (C=O) groups excluding carboxylic acids is 1. The Hall–Kier alpha value is -2.04. The van der Waals surface area contributed by atoms with Crippen LogP contribution in [0.15, 0.2) is 30.3 Å². The summed E-state index contributed by atoms with van der Waals surface area (Å²) in [4.78, 5) is 22.2. The fourth-order valence-corrected chi connectivity index (χ4v) is 2.02. The maximum atomic E-state index is 11.8. The quantitative estimate of drug-likeness (QED) is 0.689. The molecule has 2 amide bonds. The van der Waals surface area contributed by atoms with Gasteiger partial charge < -0.3 is 15.7 Å². The third kappa shape index (κ3) is 7.34. The second-order valence-electron chi connectivity index (χ2n) is 5.36. The highest BCUT2D eigenvalue weighted by Crippen LogP contribution is 2.11. The van der Waals surface area contributed by atoms with Crippen LogP contribution < -0.4 is 10.6 Å². The van der Waals surface area contributed by atoms with E-state index in [4.69, 9.17) is 5.11 Å². The van der Waals surface area contributed by atoms with Crippen molar-refractivity contribution >= 4 is 12.0 Å². The van der Waals surface area contributed by atoms with E-state index in [9.17, 15) is 9.59 Å². The second kappa shape index (κ2) is 9.00. The molecule has 1 aromatic rings. The second-order valence-corrected chi connectivity index (χ2v) is 5.36. The van der Waals surface area contributed by atoms with Crippen molar-refractivity contribution < 1.29 is 14.7 Å². The Labute approximate surface area is 125 Å². The lowest BCUT2D eigenvalue weighted by atomic mass is 10.0. The van der Waals surface area contributed by atoms with Gasteiger partial charge in [0.1, 0.15) is 0 Å². The molecule has 0 spiro atoms. The molecular weight excluding hydrogens is 268 g/mol. The summed E-state index contributed by atoms with van der Waals surface area (Å²) >= 11 is 0. The first-order valence-corrected chi connectivity index (χ1v) is 7.30. The summed E-state index contributed by atoms with van der Waals surface area (Å²) in [6, 6.07) is 9.52. The van der Waals surface area contributed by atoms with Crippen molar-refractivity contribution in [3.05, 3.63) is 35.9 Å². The van der Waals surface area contributed by atoms with Gasteiger partial charge in [-0.05, 0) is 31.2 Å². The molecule has 0 saturated heterocycles. The van der Waals surface area contributed by atoms with Crippen molar-refractivity contribution in [2.45, 2.75) is 39.2 Å². The molecule has 0 radical (unpaired) electrons.